The average Bonchev–Trinajstić information content (AvgIpc) is 2.76. The summed E-state index contributed by atoms with van der Waals surface area (Å²) < 4.78 is 5.42. The summed E-state index contributed by atoms with van der Waals surface area (Å²) in [6.07, 6.45) is 2.14. The number of rotatable bonds is 2. The zero-order valence-corrected chi connectivity index (χ0v) is 10.2. The van der Waals surface area contributed by atoms with Gasteiger partial charge in [-0.05, 0) is 24.0 Å². The van der Waals surface area contributed by atoms with Crippen molar-refractivity contribution in [3.63, 3.8) is 0 Å². The van der Waals surface area contributed by atoms with E-state index in [9.17, 15) is 0 Å². The molecule has 17 heavy (non-hydrogen) atoms. The molecule has 1 saturated heterocycles. The standard InChI is InChI=1S/C14H20N2O/c15-14(6-8-17-11-14)10-16-7-5-12-3-1-2-4-13(12)9-16/h1-4H,5-11,15H2. The zero-order valence-electron chi connectivity index (χ0n) is 10.2. The first-order chi connectivity index (χ1) is 8.25. The lowest BCUT2D eigenvalue weighted by atomic mass is 9.95. The minimum Gasteiger partial charge on any atom is -0.379 e. The molecule has 1 aromatic carbocycles. The van der Waals surface area contributed by atoms with Gasteiger partial charge in [0.15, 0.2) is 0 Å². The molecular weight excluding hydrogens is 212 g/mol. The van der Waals surface area contributed by atoms with E-state index in [-0.39, 0.29) is 5.54 Å². The van der Waals surface area contributed by atoms with Gasteiger partial charge in [0.2, 0.25) is 0 Å². The molecule has 0 amide bonds. The molecule has 2 aliphatic rings. The maximum absolute atomic E-state index is 6.34. The van der Waals surface area contributed by atoms with Gasteiger partial charge in [0.1, 0.15) is 0 Å². The number of fused-ring (bicyclic) bond motifs is 1. The molecule has 0 aromatic heterocycles. The second-order valence-corrected chi connectivity index (χ2v) is 5.39. The first-order valence-corrected chi connectivity index (χ1v) is 6.41. The smallest absolute Gasteiger partial charge is 0.0659 e. The summed E-state index contributed by atoms with van der Waals surface area (Å²) in [6, 6.07) is 8.72. The first kappa shape index (κ1) is 11.2. The van der Waals surface area contributed by atoms with Crippen LogP contribution >= 0.6 is 0 Å². The third-order valence-electron chi connectivity index (χ3n) is 3.88. The molecule has 0 bridgehead atoms. The van der Waals surface area contributed by atoms with Gasteiger partial charge in [0.25, 0.3) is 0 Å². The largest absolute Gasteiger partial charge is 0.379 e. The highest BCUT2D eigenvalue weighted by atomic mass is 16.5. The summed E-state index contributed by atoms with van der Waals surface area (Å²) in [5, 5.41) is 0. The summed E-state index contributed by atoms with van der Waals surface area (Å²) in [6.45, 7) is 4.65. The van der Waals surface area contributed by atoms with E-state index in [1.807, 2.05) is 0 Å². The van der Waals surface area contributed by atoms with Crippen molar-refractivity contribution in [3.8, 4) is 0 Å². The Morgan fingerprint density at radius 3 is 2.88 bits per heavy atom. The van der Waals surface area contributed by atoms with Crippen LogP contribution in [0.25, 0.3) is 0 Å². The van der Waals surface area contributed by atoms with Crippen molar-refractivity contribution in [2.75, 3.05) is 26.3 Å². The Bertz CT molecular complexity index is 399. The fourth-order valence-corrected chi connectivity index (χ4v) is 2.88. The van der Waals surface area contributed by atoms with E-state index in [1.165, 1.54) is 11.1 Å². The molecule has 92 valence electrons. The van der Waals surface area contributed by atoms with Crippen molar-refractivity contribution in [1.29, 1.82) is 0 Å². The third-order valence-corrected chi connectivity index (χ3v) is 3.88. The van der Waals surface area contributed by atoms with E-state index in [0.29, 0.717) is 6.61 Å². The van der Waals surface area contributed by atoms with Gasteiger partial charge in [0, 0.05) is 26.2 Å². The second kappa shape index (κ2) is 4.41. The van der Waals surface area contributed by atoms with Crippen molar-refractivity contribution in [2.24, 2.45) is 5.73 Å². The number of benzene rings is 1. The van der Waals surface area contributed by atoms with Gasteiger partial charge in [-0.15, -0.1) is 0 Å². The van der Waals surface area contributed by atoms with E-state index >= 15 is 0 Å². The molecule has 3 heteroatoms. The lowest BCUT2D eigenvalue weighted by Crippen LogP contribution is -2.51. The van der Waals surface area contributed by atoms with Gasteiger partial charge >= 0.3 is 0 Å². The Labute approximate surface area is 103 Å². The minimum atomic E-state index is -0.119. The Kier molecular flexibility index (Phi) is 2.90. The van der Waals surface area contributed by atoms with Crippen LogP contribution in [0.3, 0.4) is 0 Å². The van der Waals surface area contributed by atoms with Crippen molar-refractivity contribution in [2.45, 2.75) is 24.9 Å². The summed E-state index contributed by atoms with van der Waals surface area (Å²) in [4.78, 5) is 2.47. The predicted molar refractivity (Wildman–Crippen MR) is 67.8 cm³/mol. The van der Waals surface area contributed by atoms with Crippen LogP contribution in [0, 0.1) is 0 Å². The molecule has 1 atom stereocenters. The van der Waals surface area contributed by atoms with Crippen molar-refractivity contribution in [1.82, 2.24) is 4.90 Å². The summed E-state index contributed by atoms with van der Waals surface area (Å²) in [7, 11) is 0. The molecule has 1 fully saturated rings. The lowest BCUT2D eigenvalue weighted by molar-refractivity contribution is 0.147. The SMILES string of the molecule is NC1(CN2CCc3ccccc3C2)CCOC1. The molecule has 0 spiro atoms. The zero-order chi connectivity index (χ0) is 11.7. The van der Waals surface area contributed by atoms with E-state index in [4.69, 9.17) is 10.5 Å². The van der Waals surface area contributed by atoms with Crippen molar-refractivity contribution < 1.29 is 4.74 Å². The van der Waals surface area contributed by atoms with Gasteiger partial charge in [0.05, 0.1) is 12.1 Å². The molecule has 2 N–H and O–H groups in total. The number of hydrogen-bond donors (Lipinski definition) is 1. The van der Waals surface area contributed by atoms with Crippen LogP contribution in [0.4, 0.5) is 0 Å². The quantitative estimate of drug-likeness (QED) is 0.831. The Morgan fingerprint density at radius 1 is 1.29 bits per heavy atom. The molecule has 1 unspecified atom stereocenters. The summed E-state index contributed by atoms with van der Waals surface area (Å²) in [5.41, 5.74) is 9.18. The maximum atomic E-state index is 6.34. The topological polar surface area (TPSA) is 38.5 Å². The molecule has 3 rings (SSSR count). The van der Waals surface area contributed by atoms with Gasteiger partial charge in [-0.3, -0.25) is 4.90 Å². The third kappa shape index (κ3) is 2.37. The van der Waals surface area contributed by atoms with E-state index in [1.54, 1.807) is 0 Å². The molecule has 2 heterocycles. The van der Waals surface area contributed by atoms with Gasteiger partial charge in [-0.2, -0.15) is 0 Å². The monoisotopic (exact) mass is 232 g/mol. The van der Waals surface area contributed by atoms with E-state index in [2.05, 4.69) is 29.2 Å². The fraction of sp³-hybridized carbons (Fsp3) is 0.571. The Hall–Kier alpha value is -0.900. The van der Waals surface area contributed by atoms with Crippen LogP contribution in [0.2, 0.25) is 0 Å². The number of hydrogen-bond acceptors (Lipinski definition) is 3. The Balaban J connectivity index is 1.68. The molecule has 3 nitrogen and oxygen atoms in total. The van der Waals surface area contributed by atoms with Crippen LogP contribution in [0.1, 0.15) is 17.5 Å². The fourth-order valence-electron chi connectivity index (χ4n) is 2.88. The average molecular weight is 232 g/mol. The maximum Gasteiger partial charge on any atom is 0.0659 e. The second-order valence-electron chi connectivity index (χ2n) is 5.39. The van der Waals surface area contributed by atoms with Gasteiger partial charge < -0.3 is 10.5 Å². The molecule has 0 radical (unpaired) electrons. The normalized spacial score (nSPS) is 29.2. The summed E-state index contributed by atoms with van der Waals surface area (Å²) >= 11 is 0. The van der Waals surface area contributed by atoms with E-state index in [0.717, 1.165) is 39.1 Å². The van der Waals surface area contributed by atoms with Gasteiger partial charge in [-0.25, -0.2) is 0 Å². The highest BCUT2D eigenvalue weighted by Crippen LogP contribution is 2.22. The minimum absolute atomic E-state index is 0.119. The predicted octanol–water partition coefficient (Wildman–Crippen LogP) is 1.16. The Morgan fingerprint density at radius 2 is 2.12 bits per heavy atom. The van der Waals surface area contributed by atoms with Crippen molar-refractivity contribution >= 4 is 0 Å². The van der Waals surface area contributed by atoms with E-state index < -0.39 is 0 Å². The van der Waals surface area contributed by atoms with Crippen LogP contribution in [-0.4, -0.2) is 36.7 Å². The molecule has 1 aromatic rings. The van der Waals surface area contributed by atoms with Crippen molar-refractivity contribution in [3.05, 3.63) is 35.4 Å². The highest BCUT2D eigenvalue weighted by molar-refractivity contribution is 5.29. The highest BCUT2D eigenvalue weighted by Gasteiger charge is 2.33. The van der Waals surface area contributed by atoms with Crippen LogP contribution in [0.15, 0.2) is 24.3 Å². The molecule has 0 aliphatic carbocycles. The van der Waals surface area contributed by atoms with Gasteiger partial charge in [-0.1, -0.05) is 24.3 Å². The number of nitrogens with zero attached hydrogens (tertiary/aromatic N) is 1. The molecular formula is C14H20N2O. The number of ether oxygens (including phenoxy) is 1. The van der Waals surface area contributed by atoms with Crippen LogP contribution in [-0.2, 0) is 17.7 Å². The first-order valence-electron chi connectivity index (χ1n) is 6.41. The molecule has 2 aliphatic heterocycles. The van der Waals surface area contributed by atoms with Crippen LogP contribution in [0.5, 0.6) is 0 Å². The summed E-state index contributed by atoms with van der Waals surface area (Å²) in [5.74, 6) is 0. The molecule has 0 saturated carbocycles. The van der Waals surface area contributed by atoms with Crippen LogP contribution < -0.4 is 5.73 Å². The lowest BCUT2D eigenvalue weighted by Gasteiger charge is -2.34. The number of nitrogens with two attached hydrogens (primary N) is 1.